The van der Waals surface area contributed by atoms with Gasteiger partial charge >= 0.3 is 0 Å². The molecule has 0 bridgehead atoms. The Morgan fingerprint density at radius 1 is 1.06 bits per heavy atom. The van der Waals surface area contributed by atoms with Crippen molar-refractivity contribution in [1.82, 2.24) is 0 Å². The highest BCUT2D eigenvalue weighted by molar-refractivity contribution is 5.32. The number of hydrogen-bond donors (Lipinski definition) is 0. The summed E-state index contributed by atoms with van der Waals surface area (Å²) in [7, 11) is 0. The molecule has 0 amide bonds. The first-order valence-electron chi connectivity index (χ1n) is 6.98. The molecule has 0 saturated heterocycles. The van der Waals surface area contributed by atoms with Crippen molar-refractivity contribution in [3.63, 3.8) is 0 Å². The van der Waals surface area contributed by atoms with Gasteiger partial charge in [0.2, 0.25) is 0 Å². The van der Waals surface area contributed by atoms with Crippen molar-refractivity contribution in [3.05, 3.63) is 29.8 Å². The van der Waals surface area contributed by atoms with Gasteiger partial charge in [0, 0.05) is 0 Å². The Balaban J connectivity index is 2.59. The third kappa shape index (κ3) is 4.72. The predicted octanol–water partition coefficient (Wildman–Crippen LogP) is 5.19. The van der Waals surface area contributed by atoms with E-state index in [0.29, 0.717) is 5.41 Å². The summed E-state index contributed by atoms with van der Waals surface area (Å²) in [5.74, 6) is 0.995. The van der Waals surface area contributed by atoms with Crippen LogP contribution in [-0.4, -0.2) is 6.61 Å². The van der Waals surface area contributed by atoms with Crippen LogP contribution >= 0.6 is 0 Å². The fraction of sp³-hybridized carbons (Fsp3) is 0.647. The second-order valence-corrected chi connectivity index (χ2v) is 6.89. The Morgan fingerprint density at radius 3 is 2.28 bits per heavy atom. The lowest BCUT2D eigenvalue weighted by Crippen LogP contribution is -2.15. The summed E-state index contributed by atoms with van der Waals surface area (Å²) in [4.78, 5) is 0. The molecule has 1 aromatic rings. The lowest BCUT2D eigenvalue weighted by molar-refractivity contribution is 0.222. The van der Waals surface area contributed by atoms with E-state index in [1.54, 1.807) is 0 Å². The lowest BCUT2D eigenvalue weighted by atomic mass is 9.87. The molecule has 1 heteroatoms. The Labute approximate surface area is 113 Å². The van der Waals surface area contributed by atoms with Crippen molar-refractivity contribution < 1.29 is 4.74 Å². The van der Waals surface area contributed by atoms with Crippen LogP contribution in [0.4, 0.5) is 0 Å². The molecule has 0 N–H and O–H groups in total. The molecular weight excluding hydrogens is 220 g/mol. The first-order valence-corrected chi connectivity index (χ1v) is 6.98. The van der Waals surface area contributed by atoms with Crippen LogP contribution in [0.15, 0.2) is 24.3 Å². The molecule has 0 radical (unpaired) electrons. The molecule has 0 atom stereocenters. The molecule has 0 unspecified atom stereocenters. The largest absolute Gasteiger partial charge is 0.494 e. The minimum absolute atomic E-state index is 0.183. The fourth-order valence-electron chi connectivity index (χ4n) is 1.67. The molecule has 0 heterocycles. The van der Waals surface area contributed by atoms with Crippen LogP contribution in [0.3, 0.4) is 0 Å². The molecule has 0 saturated carbocycles. The summed E-state index contributed by atoms with van der Waals surface area (Å²) in [5, 5.41) is 0. The normalized spacial score (nSPS) is 12.6. The van der Waals surface area contributed by atoms with Crippen LogP contribution in [0.25, 0.3) is 0 Å². The maximum absolute atomic E-state index is 5.88. The van der Waals surface area contributed by atoms with E-state index in [1.165, 1.54) is 12.0 Å². The Hall–Kier alpha value is -0.980. The van der Waals surface area contributed by atoms with Crippen molar-refractivity contribution in [2.75, 3.05) is 6.61 Å². The van der Waals surface area contributed by atoms with Gasteiger partial charge in [-0.1, -0.05) is 60.1 Å². The molecule has 0 aliphatic rings. The topological polar surface area (TPSA) is 9.23 Å². The van der Waals surface area contributed by atoms with Crippen LogP contribution in [0, 0.1) is 5.41 Å². The lowest BCUT2D eigenvalue weighted by Gasteiger charge is -2.23. The van der Waals surface area contributed by atoms with Crippen LogP contribution in [0.5, 0.6) is 5.75 Å². The smallest absolute Gasteiger partial charge is 0.119 e. The van der Waals surface area contributed by atoms with Crippen LogP contribution in [0.1, 0.15) is 59.9 Å². The summed E-state index contributed by atoms with van der Waals surface area (Å²) < 4.78 is 5.88. The summed E-state index contributed by atoms with van der Waals surface area (Å²) in [5.41, 5.74) is 1.89. The van der Waals surface area contributed by atoms with E-state index >= 15 is 0 Å². The number of rotatable bonds is 5. The van der Waals surface area contributed by atoms with Crippen LogP contribution in [0.2, 0.25) is 0 Å². The Bertz CT molecular complexity index is 371. The second-order valence-electron chi connectivity index (χ2n) is 6.89. The van der Waals surface area contributed by atoms with Crippen molar-refractivity contribution in [2.24, 2.45) is 5.41 Å². The molecule has 1 rings (SSSR count). The Morgan fingerprint density at radius 2 is 1.72 bits per heavy atom. The number of benzene rings is 1. The molecule has 1 nitrogen and oxygen atoms in total. The van der Waals surface area contributed by atoms with Gasteiger partial charge in [0.05, 0.1) is 6.61 Å². The zero-order chi connectivity index (χ0) is 13.8. The van der Waals surface area contributed by atoms with E-state index < -0.39 is 0 Å². The van der Waals surface area contributed by atoms with Gasteiger partial charge in [-0.25, -0.2) is 0 Å². The minimum Gasteiger partial charge on any atom is -0.494 e. The zero-order valence-electron chi connectivity index (χ0n) is 12.8. The van der Waals surface area contributed by atoms with Crippen LogP contribution < -0.4 is 4.74 Å². The average Bonchev–Trinajstić information content (AvgIpc) is 2.28. The van der Waals surface area contributed by atoms with E-state index in [2.05, 4.69) is 59.7 Å². The highest BCUT2D eigenvalue weighted by atomic mass is 16.5. The van der Waals surface area contributed by atoms with Crippen molar-refractivity contribution in [3.8, 4) is 5.75 Å². The fourth-order valence-corrected chi connectivity index (χ4v) is 1.67. The number of ether oxygens (including phenoxy) is 1. The molecule has 0 aliphatic carbocycles. The maximum Gasteiger partial charge on any atom is 0.119 e. The summed E-state index contributed by atoms with van der Waals surface area (Å²) in [6, 6.07) is 8.47. The molecule has 0 spiro atoms. The molecule has 0 aliphatic heterocycles. The highest BCUT2D eigenvalue weighted by Crippen LogP contribution is 2.27. The van der Waals surface area contributed by atoms with Crippen molar-refractivity contribution >= 4 is 0 Å². The monoisotopic (exact) mass is 248 g/mol. The van der Waals surface area contributed by atoms with E-state index in [1.807, 2.05) is 6.07 Å². The van der Waals surface area contributed by atoms with E-state index in [-0.39, 0.29) is 5.41 Å². The van der Waals surface area contributed by atoms with Gasteiger partial charge in [0.15, 0.2) is 0 Å². The highest BCUT2D eigenvalue weighted by Gasteiger charge is 2.16. The molecule has 0 aromatic heterocycles. The minimum atomic E-state index is 0.183. The standard InChI is InChI=1S/C17H28O/c1-7-17(5,6)11-12-18-15-10-8-9-14(13-15)16(2,3)4/h8-10,13H,7,11-12H2,1-6H3. The van der Waals surface area contributed by atoms with Crippen molar-refractivity contribution in [2.45, 2.75) is 59.8 Å². The van der Waals surface area contributed by atoms with Gasteiger partial charge in [0.25, 0.3) is 0 Å². The van der Waals surface area contributed by atoms with E-state index in [0.717, 1.165) is 18.8 Å². The molecular formula is C17H28O. The average molecular weight is 248 g/mol. The molecule has 102 valence electrons. The summed E-state index contributed by atoms with van der Waals surface area (Å²) in [6.07, 6.45) is 2.29. The van der Waals surface area contributed by atoms with E-state index in [4.69, 9.17) is 4.74 Å². The zero-order valence-corrected chi connectivity index (χ0v) is 12.8. The predicted molar refractivity (Wildman–Crippen MR) is 79.3 cm³/mol. The SMILES string of the molecule is CCC(C)(C)CCOc1cccc(C(C)(C)C)c1. The maximum atomic E-state index is 5.88. The first-order chi connectivity index (χ1) is 8.24. The second kappa shape index (κ2) is 5.77. The quantitative estimate of drug-likeness (QED) is 0.697. The summed E-state index contributed by atoms with van der Waals surface area (Å²) >= 11 is 0. The Kier molecular flexibility index (Phi) is 4.84. The first kappa shape index (κ1) is 15.1. The van der Waals surface area contributed by atoms with Gasteiger partial charge in [-0.05, 0) is 34.9 Å². The third-order valence-corrected chi connectivity index (χ3v) is 3.70. The molecule has 18 heavy (non-hydrogen) atoms. The summed E-state index contributed by atoms with van der Waals surface area (Å²) in [6.45, 7) is 14.3. The van der Waals surface area contributed by atoms with Gasteiger partial charge in [0.1, 0.15) is 5.75 Å². The van der Waals surface area contributed by atoms with Crippen molar-refractivity contribution in [1.29, 1.82) is 0 Å². The van der Waals surface area contributed by atoms with E-state index in [9.17, 15) is 0 Å². The van der Waals surface area contributed by atoms with Gasteiger partial charge in [-0.15, -0.1) is 0 Å². The van der Waals surface area contributed by atoms with Gasteiger partial charge in [-0.2, -0.15) is 0 Å². The van der Waals surface area contributed by atoms with Gasteiger partial charge < -0.3 is 4.74 Å². The van der Waals surface area contributed by atoms with Crippen LogP contribution in [-0.2, 0) is 5.41 Å². The molecule has 1 aromatic carbocycles. The molecule has 0 fully saturated rings. The number of hydrogen-bond acceptors (Lipinski definition) is 1. The third-order valence-electron chi connectivity index (χ3n) is 3.70. The van der Waals surface area contributed by atoms with Gasteiger partial charge in [-0.3, -0.25) is 0 Å².